The van der Waals surface area contributed by atoms with Crippen molar-refractivity contribution in [2.24, 2.45) is 0 Å². The number of carbonyl (C=O) groups is 2. The largest absolute Gasteiger partial charge is 0.489 e. The Hall–Kier alpha value is -3.34. The molecule has 2 rings (SSSR count). The van der Waals surface area contributed by atoms with E-state index in [1.165, 1.54) is 0 Å². The summed E-state index contributed by atoms with van der Waals surface area (Å²) in [5.74, 6) is 0.588. The zero-order valence-corrected chi connectivity index (χ0v) is 14.8. The van der Waals surface area contributed by atoms with Gasteiger partial charge >= 0.3 is 11.9 Å². The number of benzene rings is 2. The Bertz CT molecular complexity index is 745. The molecule has 0 aliphatic carbocycles. The van der Waals surface area contributed by atoms with E-state index in [1.807, 2.05) is 12.1 Å². The highest BCUT2D eigenvalue weighted by molar-refractivity contribution is 5.89. The SMILES string of the molecule is C=C(C)C(=O)Oc1ccc(COc2ccc(OC(=O)C(=C)C)cc2)cc1. The average Bonchev–Trinajstić information content (AvgIpc) is 2.62. The molecule has 5 heteroatoms. The molecule has 2 aromatic carbocycles. The first-order chi connectivity index (χ1) is 12.3. The molecule has 0 spiro atoms. The molecule has 0 atom stereocenters. The summed E-state index contributed by atoms with van der Waals surface area (Å²) in [5.41, 5.74) is 1.59. The summed E-state index contributed by atoms with van der Waals surface area (Å²) in [6, 6.07) is 13.7. The van der Waals surface area contributed by atoms with E-state index >= 15 is 0 Å². The lowest BCUT2D eigenvalue weighted by Gasteiger charge is -2.09. The molecule has 0 heterocycles. The zero-order valence-electron chi connectivity index (χ0n) is 14.8. The van der Waals surface area contributed by atoms with Crippen molar-refractivity contribution in [3.05, 3.63) is 78.4 Å². The van der Waals surface area contributed by atoms with Crippen LogP contribution in [0.25, 0.3) is 0 Å². The maximum absolute atomic E-state index is 11.5. The van der Waals surface area contributed by atoms with E-state index in [0.29, 0.717) is 35.0 Å². The molecule has 0 fully saturated rings. The minimum Gasteiger partial charge on any atom is -0.489 e. The van der Waals surface area contributed by atoms with Crippen LogP contribution < -0.4 is 14.2 Å². The molecule has 0 radical (unpaired) electrons. The van der Waals surface area contributed by atoms with Crippen molar-refractivity contribution in [3.63, 3.8) is 0 Å². The van der Waals surface area contributed by atoms with Crippen LogP contribution in [0, 0.1) is 0 Å². The van der Waals surface area contributed by atoms with Gasteiger partial charge in [-0.15, -0.1) is 0 Å². The van der Waals surface area contributed by atoms with Crippen molar-refractivity contribution in [1.29, 1.82) is 0 Å². The minimum atomic E-state index is -0.467. The second-order valence-electron chi connectivity index (χ2n) is 5.74. The normalized spacial score (nSPS) is 9.92. The predicted molar refractivity (Wildman–Crippen MR) is 98.1 cm³/mol. The van der Waals surface area contributed by atoms with Crippen LogP contribution in [-0.4, -0.2) is 11.9 Å². The highest BCUT2D eigenvalue weighted by atomic mass is 16.5. The van der Waals surface area contributed by atoms with Crippen molar-refractivity contribution in [2.45, 2.75) is 20.5 Å². The Kier molecular flexibility index (Phi) is 6.33. The van der Waals surface area contributed by atoms with E-state index in [-0.39, 0.29) is 0 Å². The van der Waals surface area contributed by atoms with Gasteiger partial charge in [0.25, 0.3) is 0 Å². The molecule has 0 aliphatic rings. The fourth-order valence-electron chi connectivity index (χ4n) is 1.81. The smallest absolute Gasteiger partial charge is 0.338 e. The lowest BCUT2D eigenvalue weighted by Crippen LogP contribution is -2.08. The van der Waals surface area contributed by atoms with Crippen molar-refractivity contribution < 1.29 is 23.8 Å². The lowest BCUT2D eigenvalue weighted by atomic mass is 10.2. The molecule has 0 aliphatic heterocycles. The van der Waals surface area contributed by atoms with Crippen LogP contribution in [-0.2, 0) is 16.2 Å². The van der Waals surface area contributed by atoms with E-state index < -0.39 is 11.9 Å². The molecule has 0 aromatic heterocycles. The molecular weight excluding hydrogens is 332 g/mol. The molecule has 0 saturated heterocycles. The van der Waals surface area contributed by atoms with E-state index in [0.717, 1.165) is 5.56 Å². The lowest BCUT2D eigenvalue weighted by molar-refractivity contribution is -0.130. The fourth-order valence-corrected chi connectivity index (χ4v) is 1.81. The van der Waals surface area contributed by atoms with Crippen LogP contribution in [0.1, 0.15) is 19.4 Å². The Balaban J connectivity index is 1.88. The predicted octanol–water partition coefficient (Wildman–Crippen LogP) is 4.23. The molecule has 134 valence electrons. The van der Waals surface area contributed by atoms with Crippen molar-refractivity contribution in [2.75, 3.05) is 0 Å². The van der Waals surface area contributed by atoms with Gasteiger partial charge in [-0.1, -0.05) is 25.3 Å². The minimum absolute atomic E-state index is 0.336. The molecule has 0 amide bonds. The first kappa shape index (κ1) is 19.0. The van der Waals surface area contributed by atoms with Crippen LogP contribution in [0.15, 0.2) is 72.8 Å². The summed E-state index contributed by atoms with van der Waals surface area (Å²) in [4.78, 5) is 22.9. The fraction of sp³-hybridized carbons (Fsp3) is 0.143. The summed E-state index contributed by atoms with van der Waals surface area (Å²) in [6.45, 7) is 10.6. The number of esters is 2. The van der Waals surface area contributed by atoms with Crippen LogP contribution in [0.5, 0.6) is 17.2 Å². The van der Waals surface area contributed by atoms with Gasteiger partial charge in [0.05, 0.1) is 0 Å². The topological polar surface area (TPSA) is 61.8 Å². The highest BCUT2D eigenvalue weighted by Crippen LogP contribution is 2.20. The van der Waals surface area contributed by atoms with E-state index in [9.17, 15) is 9.59 Å². The van der Waals surface area contributed by atoms with Gasteiger partial charge in [0, 0.05) is 11.1 Å². The van der Waals surface area contributed by atoms with Gasteiger partial charge in [-0.05, 0) is 55.8 Å². The summed E-state index contributed by atoms with van der Waals surface area (Å²) >= 11 is 0. The van der Waals surface area contributed by atoms with Gasteiger partial charge in [0.15, 0.2) is 0 Å². The Morgan fingerprint density at radius 1 is 0.731 bits per heavy atom. The third-order valence-corrected chi connectivity index (χ3v) is 3.27. The Morgan fingerprint density at radius 3 is 1.54 bits per heavy atom. The van der Waals surface area contributed by atoms with E-state index in [4.69, 9.17) is 14.2 Å². The van der Waals surface area contributed by atoms with Crippen molar-refractivity contribution in [3.8, 4) is 17.2 Å². The van der Waals surface area contributed by atoms with Crippen LogP contribution in [0.3, 0.4) is 0 Å². The zero-order chi connectivity index (χ0) is 19.1. The van der Waals surface area contributed by atoms with Crippen LogP contribution >= 0.6 is 0 Å². The third-order valence-electron chi connectivity index (χ3n) is 3.27. The maximum Gasteiger partial charge on any atom is 0.338 e. The number of hydrogen-bond donors (Lipinski definition) is 0. The van der Waals surface area contributed by atoms with Crippen molar-refractivity contribution >= 4 is 11.9 Å². The molecule has 0 unspecified atom stereocenters. The maximum atomic E-state index is 11.5. The number of ether oxygens (including phenoxy) is 3. The van der Waals surface area contributed by atoms with Gasteiger partial charge in [-0.2, -0.15) is 0 Å². The van der Waals surface area contributed by atoms with Crippen molar-refractivity contribution in [1.82, 2.24) is 0 Å². The molecule has 0 bridgehead atoms. The van der Waals surface area contributed by atoms with Gasteiger partial charge in [0.2, 0.25) is 0 Å². The van der Waals surface area contributed by atoms with Gasteiger partial charge in [0.1, 0.15) is 23.9 Å². The summed E-state index contributed by atoms with van der Waals surface area (Å²) in [5, 5.41) is 0. The molecule has 0 N–H and O–H groups in total. The Morgan fingerprint density at radius 2 is 1.12 bits per heavy atom. The first-order valence-electron chi connectivity index (χ1n) is 7.92. The Labute approximate surface area is 152 Å². The average molecular weight is 352 g/mol. The second kappa shape index (κ2) is 8.67. The molecule has 5 nitrogen and oxygen atoms in total. The molecule has 2 aromatic rings. The summed E-state index contributed by atoms with van der Waals surface area (Å²) < 4.78 is 15.9. The standard InChI is InChI=1S/C21H20O5/c1-14(2)20(22)25-18-7-5-16(6-8-18)13-24-17-9-11-19(12-10-17)26-21(23)15(3)4/h5-12H,1,3,13H2,2,4H3. The summed E-state index contributed by atoms with van der Waals surface area (Å²) in [6.07, 6.45) is 0. The monoisotopic (exact) mass is 352 g/mol. The number of hydrogen-bond acceptors (Lipinski definition) is 5. The molecular formula is C21H20O5. The first-order valence-corrected chi connectivity index (χ1v) is 7.92. The quantitative estimate of drug-likeness (QED) is 0.424. The van der Waals surface area contributed by atoms with E-state index in [2.05, 4.69) is 13.2 Å². The van der Waals surface area contributed by atoms with Gasteiger partial charge in [-0.25, -0.2) is 9.59 Å². The second-order valence-corrected chi connectivity index (χ2v) is 5.74. The van der Waals surface area contributed by atoms with Gasteiger partial charge < -0.3 is 14.2 Å². The summed E-state index contributed by atoms with van der Waals surface area (Å²) in [7, 11) is 0. The van der Waals surface area contributed by atoms with E-state index in [1.54, 1.807) is 50.2 Å². The molecule has 26 heavy (non-hydrogen) atoms. The third kappa shape index (κ3) is 5.63. The van der Waals surface area contributed by atoms with Crippen LogP contribution in [0.4, 0.5) is 0 Å². The number of carbonyl (C=O) groups excluding carboxylic acids is 2. The highest BCUT2D eigenvalue weighted by Gasteiger charge is 2.06. The molecule has 0 saturated carbocycles. The van der Waals surface area contributed by atoms with Gasteiger partial charge in [-0.3, -0.25) is 0 Å². The number of rotatable bonds is 7. The van der Waals surface area contributed by atoms with Crippen LogP contribution in [0.2, 0.25) is 0 Å².